The molecule has 1 aromatic carbocycles. The van der Waals surface area contributed by atoms with Crippen LogP contribution in [0.4, 0.5) is 5.69 Å². The number of carbonyl (C=O) groups excluding carboxylic acids is 1. The summed E-state index contributed by atoms with van der Waals surface area (Å²) in [4.78, 5) is 12.2. The Labute approximate surface area is 94.0 Å². The van der Waals surface area contributed by atoms with E-state index in [-0.39, 0.29) is 11.2 Å². The first-order valence-electron chi connectivity index (χ1n) is 4.66. The van der Waals surface area contributed by atoms with Crippen molar-refractivity contribution in [2.75, 3.05) is 12.8 Å². The number of esters is 1. The molecule has 0 radical (unpaired) electrons. The van der Waals surface area contributed by atoms with Crippen LogP contribution in [0, 0.1) is 6.92 Å². The van der Waals surface area contributed by atoms with E-state index in [4.69, 9.17) is 5.73 Å². The SMILES string of the molecule is COC(=O)C(C)Sc1cccc(C)c1N. The number of ether oxygens (including phenoxy) is 1. The number of nitrogens with two attached hydrogens (primary N) is 1. The van der Waals surface area contributed by atoms with Crippen molar-refractivity contribution in [2.45, 2.75) is 24.0 Å². The number of hydrogen-bond acceptors (Lipinski definition) is 4. The zero-order valence-electron chi connectivity index (χ0n) is 9.11. The van der Waals surface area contributed by atoms with Gasteiger partial charge < -0.3 is 10.5 Å². The van der Waals surface area contributed by atoms with Crippen molar-refractivity contribution in [2.24, 2.45) is 0 Å². The molecule has 0 spiro atoms. The van der Waals surface area contributed by atoms with Crippen molar-refractivity contribution in [1.82, 2.24) is 0 Å². The highest BCUT2D eigenvalue weighted by atomic mass is 32.2. The fraction of sp³-hybridized carbons (Fsp3) is 0.364. The Morgan fingerprint density at radius 2 is 2.20 bits per heavy atom. The van der Waals surface area contributed by atoms with E-state index in [0.717, 1.165) is 16.1 Å². The molecule has 0 aliphatic carbocycles. The molecule has 2 N–H and O–H groups in total. The maximum Gasteiger partial charge on any atom is 0.318 e. The molecule has 15 heavy (non-hydrogen) atoms. The maximum atomic E-state index is 11.2. The monoisotopic (exact) mass is 225 g/mol. The summed E-state index contributed by atoms with van der Waals surface area (Å²) in [7, 11) is 1.39. The average molecular weight is 225 g/mol. The molecule has 1 unspecified atom stereocenters. The second kappa shape index (κ2) is 5.07. The summed E-state index contributed by atoms with van der Waals surface area (Å²) in [5, 5.41) is -0.237. The Kier molecular flexibility index (Phi) is 4.03. The minimum atomic E-state index is -0.237. The van der Waals surface area contributed by atoms with Crippen LogP contribution in [0.2, 0.25) is 0 Å². The van der Waals surface area contributed by atoms with Crippen LogP contribution in [0.25, 0.3) is 0 Å². The molecule has 1 aromatic rings. The fourth-order valence-corrected chi connectivity index (χ4v) is 2.18. The third-order valence-electron chi connectivity index (χ3n) is 2.12. The molecule has 0 amide bonds. The minimum Gasteiger partial charge on any atom is -0.468 e. The summed E-state index contributed by atoms with van der Waals surface area (Å²) in [6, 6.07) is 5.78. The highest BCUT2D eigenvalue weighted by Crippen LogP contribution is 2.30. The first-order valence-corrected chi connectivity index (χ1v) is 5.53. The van der Waals surface area contributed by atoms with E-state index in [1.165, 1.54) is 18.9 Å². The molecule has 0 heterocycles. The van der Waals surface area contributed by atoms with Gasteiger partial charge in [0.25, 0.3) is 0 Å². The predicted molar refractivity (Wildman–Crippen MR) is 62.9 cm³/mol. The Bertz CT molecular complexity index is 366. The van der Waals surface area contributed by atoms with E-state index < -0.39 is 0 Å². The third kappa shape index (κ3) is 2.89. The number of carbonyl (C=O) groups is 1. The molecule has 3 nitrogen and oxygen atoms in total. The van der Waals surface area contributed by atoms with E-state index in [0.29, 0.717) is 0 Å². The van der Waals surface area contributed by atoms with Crippen LogP contribution in [-0.2, 0) is 9.53 Å². The molecule has 1 rings (SSSR count). The molecule has 0 bridgehead atoms. The van der Waals surface area contributed by atoms with Crippen molar-refractivity contribution in [1.29, 1.82) is 0 Å². The summed E-state index contributed by atoms with van der Waals surface area (Å²) in [5.74, 6) is -0.235. The van der Waals surface area contributed by atoms with Crippen molar-refractivity contribution >= 4 is 23.4 Å². The van der Waals surface area contributed by atoms with Gasteiger partial charge in [-0.1, -0.05) is 12.1 Å². The van der Waals surface area contributed by atoms with Crippen LogP contribution >= 0.6 is 11.8 Å². The molecular formula is C11H15NO2S. The number of aryl methyl sites for hydroxylation is 1. The lowest BCUT2D eigenvalue weighted by Gasteiger charge is -2.11. The second-order valence-electron chi connectivity index (χ2n) is 3.27. The van der Waals surface area contributed by atoms with Gasteiger partial charge in [0, 0.05) is 10.6 Å². The van der Waals surface area contributed by atoms with Gasteiger partial charge in [0.15, 0.2) is 0 Å². The number of para-hydroxylation sites is 1. The third-order valence-corrected chi connectivity index (χ3v) is 3.28. The molecule has 0 aliphatic heterocycles. The smallest absolute Gasteiger partial charge is 0.318 e. The van der Waals surface area contributed by atoms with Gasteiger partial charge in [-0.2, -0.15) is 0 Å². The topological polar surface area (TPSA) is 52.3 Å². The maximum absolute atomic E-state index is 11.2. The summed E-state index contributed by atoms with van der Waals surface area (Å²) in [6.45, 7) is 3.75. The van der Waals surface area contributed by atoms with Crippen LogP contribution in [0.15, 0.2) is 23.1 Å². The van der Waals surface area contributed by atoms with Gasteiger partial charge in [0.05, 0.1) is 7.11 Å². The summed E-state index contributed by atoms with van der Waals surface area (Å²) in [6.07, 6.45) is 0. The van der Waals surface area contributed by atoms with Gasteiger partial charge in [-0.25, -0.2) is 0 Å². The predicted octanol–water partition coefficient (Wildman–Crippen LogP) is 2.23. The van der Waals surface area contributed by atoms with Gasteiger partial charge in [0.2, 0.25) is 0 Å². The minimum absolute atomic E-state index is 0.235. The van der Waals surface area contributed by atoms with Gasteiger partial charge in [-0.3, -0.25) is 4.79 Å². The summed E-state index contributed by atoms with van der Waals surface area (Å²) in [5.41, 5.74) is 7.66. The van der Waals surface area contributed by atoms with Gasteiger partial charge in [-0.15, -0.1) is 11.8 Å². The van der Waals surface area contributed by atoms with E-state index in [1.807, 2.05) is 25.1 Å². The Morgan fingerprint density at radius 1 is 1.53 bits per heavy atom. The molecule has 0 aliphatic rings. The number of methoxy groups -OCH3 is 1. The highest BCUT2D eigenvalue weighted by molar-refractivity contribution is 8.00. The van der Waals surface area contributed by atoms with Crippen LogP contribution in [-0.4, -0.2) is 18.3 Å². The van der Waals surface area contributed by atoms with Crippen LogP contribution in [0.1, 0.15) is 12.5 Å². The highest BCUT2D eigenvalue weighted by Gasteiger charge is 2.16. The average Bonchev–Trinajstić information content (AvgIpc) is 2.23. The molecule has 82 valence electrons. The van der Waals surface area contributed by atoms with Crippen molar-refractivity contribution in [3.63, 3.8) is 0 Å². The van der Waals surface area contributed by atoms with E-state index >= 15 is 0 Å². The van der Waals surface area contributed by atoms with Crippen molar-refractivity contribution < 1.29 is 9.53 Å². The normalized spacial score (nSPS) is 12.2. The lowest BCUT2D eigenvalue weighted by Crippen LogP contribution is -2.14. The van der Waals surface area contributed by atoms with Crippen LogP contribution in [0.3, 0.4) is 0 Å². The zero-order valence-corrected chi connectivity index (χ0v) is 9.93. The number of anilines is 1. The van der Waals surface area contributed by atoms with Gasteiger partial charge in [-0.05, 0) is 25.5 Å². The zero-order chi connectivity index (χ0) is 11.4. The van der Waals surface area contributed by atoms with Crippen molar-refractivity contribution in [3.8, 4) is 0 Å². The second-order valence-corrected chi connectivity index (χ2v) is 4.65. The quantitative estimate of drug-likeness (QED) is 0.487. The summed E-state index contributed by atoms with van der Waals surface area (Å²) >= 11 is 1.42. The Hall–Kier alpha value is -1.16. The molecule has 0 aromatic heterocycles. The largest absolute Gasteiger partial charge is 0.468 e. The Balaban J connectivity index is 2.81. The van der Waals surface area contributed by atoms with Crippen LogP contribution < -0.4 is 5.73 Å². The first-order chi connectivity index (χ1) is 7.06. The van der Waals surface area contributed by atoms with Crippen molar-refractivity contribution in [3.05, 3.63) is 23.8 Å². The fourth-order valence-electron chi connectivity index (χ4n) is 1.16. The molecule has 1 atom stereocenters. The van der Waals surface area contributed by atoms with E-state index in [2.05, 4.69) is 4.74 Å². The molecule has 0 fully saturated rings. The van der Waals surface area contributed by atoms with Gasteiger partial charge >= 0.3 is 5.97 Å². The molecule has 4 heteroatoms. The first kappa shape index (κ1) is 11.9. The summed E-state index contributed by atoms with van der Waals surface area (Å²) < 4.78 is 4.65. The number of thioether (sulfide) groups is 1. The van der Waals surface area contributed by atoms with E-state index in [1.54, 1.807) is 6.92 Å². The molecular weight excluding hydrogens is 210 g/mol. The molecule has 0 saturated heterocycles. The number of hydrogen-bond donors (Lipinski definition) is 1. The Morgan fingerprint density at radius 3 is 2.80 bits per heavy atom. The number of nitrogen functional groups attached to an aromatic ring is 1. The number of benzene rings is 1. The number of rotatable bonds is 3. The standard InChI is InChI=1S/C11H15NO2S/c1-7-5-4-6-9(10(7)12)15-8(2)11(13)14-3/h4-6,8H,12H2,1-3H3. The lowest BCUT2D eigenvalue weighted by molar-refractivity contribution is -0.139. The van der Waals surface area contributed by atoms with Gasteiger partial charge in [0.1, 0.15) is 5.25 Å². The van der Waals surface area contributed by atoms with Crippen LogP contribution in [0.5, 0.6) is 0 Å². The van der Waals surface area contributed by atoms with E-state index in [9.17, 15) is 4.79 Å². The lowest BCUT2D eigenvalue weighted by atomic mass is 10.2. The molecule has 0 saturated carbocycles.